The number of nitro groups is 1. The summed E-state index contributed by atoms with van der Waals surface area (Å²) < 4.78 is 4.98. The number of nitrogens with one attached hydrogen (secondary N) is 1. The van der Waals surface area contributed by atoms with Crippen LogP contribution in [0.3, 0.4) is 0 Å². The fraction of sp³-hybridized carbons (Fsp3) is 0.400. The van der Waals surface area contributed by atoms with Crippen molar-refractivity contribution < 1.29 is 29.2 Å². The number of carboxylic acid groups (broad SMARTS) is 1. The third-order valence-corrected chi connectivity index (χ3v) is 3.58. The number of aliphatic carboxylic acids is 1. The summed E-state index contributed by atoms with van der Waals surface area (Å²) >= 11 is 0. The van der Waals surface area contributed by atoms with E-state index in [2.05, 4.69) is 5.32 Å². The van der Waals surface area contributed by atoms with Crippen molar-refractivity contribution in [1.82, 2.24) is 5.32 Å². The molecule has 0 radical (unpaired) electrons. The molecule has 1 aliphatic heterocycles. The van der Waals surface area contributed by atoms with Gasteiger partial charge in [0.25, 0.3) is 5.69 Å². The van der Waals surface area contributed by atoms with Gasteiger partial charge >= 0.3 is 11.9 Å². The molecule has 10 nitrogen and oxygen atoms in total. The predicted octanol–water partition coefficient (Wildman–Crippen LogP) is 0.690. The van der Waals surface area contributed by atoms with Crippen LogP contribution in [-0.4, -0.2) is 47.0 Å². The summed E-state index contributed by atoms with van der Waals surface area (Å²) in [6, 6.07) is 2.72. The molecular formula is C15H17N3O7. The zero-order valence-corrected chi connectivity index (χ0v) is 13.4. The number of amides is 1. The topological polar surface area (TPSA) is 139 Å². The molecule has 25 heavy (non-hydrogen) atoms. The van der Waals surface area contributed by atoms with Gasteiger partial charge in [0.15, 0.2) is 5.75 Å². The van der Waals surface area contributed by atoms with Gasteiger partial charge in [0.2, 0.25) is 5.91 Å². The van der Waals surface area contributed by atoms with E-state index in [1.807, 2.05) is 0 Å². The lowest BCUT2D eigenvalue weighted by Gasteiger charge is -2.29. The molecule has 1 heterocycles. The van der Waals surface area contributed by atoms with Crippen LogP contribution >= 0.6 is 0 Å². The number of nitro benzene ring substituents is 1. The lowest BCUT2D eigenvalue weighted by atomic mass is 10.1. The van der Waals surface area contributed by atoms with E-state index in [9.17, 15) is 24.5 Å². The van der Waals surface area contributed by atoms with Gasteiger partial charge in [0.1, 0.15) is 12.6 Å². The summed E-state index contributed by atoms with van der Waals surface area (Å²) in [6.45, 7) is 1.31. The Kier molecular flexibility index (Phi) is 5.52. The van der Waals surface area contributed by atoms with Crippen molar-refractivity contribution in [1.29, 1.82) is 0 Å². The zero-order chi connectivity index (χ0) is 18.6. The molecule has 0 spiro atoms. The van der Waals surface area contributed by atoms with Crippen molar-refractivity contribution in [2.24, 2.45) is 0 Å². The summed E-state index contributed by atoms with van der Waals surface area (Å²) in [5.74, 6) is -2.38. The van der Waals surface area contributed by atoms with E-state index in [1.165, 1.54) is 17.0 Å². The molecule has 1 atom stereocenters. The molecule has 0 aromatic heterocycles. The van der Waals surface area contributed by atoms with E-state index >= 15 is 0 Å². The Bertz CT molecular complexity index is 719. The molecule has 1 amide bonds. The van der Waals surface area contributed by atoms with Gasteiger partial charge in [-0.3, -0.25) is 14.9 Å². The fourth-order valence-electron chi connectivity index (χ4n) is 2.46. The second kappa shape index (κ2) is 7.60. The minimum atomic E-state index is -1.13. The number of carbonyl (C=O) groups excluding carboxylic acids is 2. The average Bonchev–Trinajstić information content (AvgIpc) is 2.53. The Morgan fingerprint density at radius 2 is 2.20 bits per heavy atom. The van der Waals surface area contributed by atoms with Crippen LogP contribution in [0.1, 0.15) is 19.8 Å². The quantitative estimate of drug-likeness (QED) is 0.316. The van der Waals surface area contributed by atoms with E-state index in [0.717, 1.165) is 6.07 Å². The smallest absolute Gasteiger partial charge is 0.331 e. The van der Waals surface area contributed by atoms with E-state index in [4.69, 9.17) is 9.84 Å². The number of carboxylic acids is 1. The number of non-ortho nitro benzene ring substituents is 1. The molecule has 0 bridgehead atoms. The van der Waals surface area contributed by atoms with Gasteiger partial charge in [0, 0.05) is 6.07 Å². The molecule has 1 aromatic carbocycles. The molecule has 2 N–H and O–H groups in total. The van der Waals surface area contributed by atoms with Crippen LogP contribution in [0.4, 0.5) is 11.4 Å². The minimum absolute atomic E-state index is 0.0124. The number of benzene rings is 1. The molecule has 0 fully saturated rings. The number of anilines is 1. The SMILES string of the molecule is CCCC(NC(=O)CN1CC(=O)Oc2cc([N+](=O)[O-])ccc21)C(=O)O. The molecule has 0 aliphatic carbocycles. The van der Waals surface area contributed by atoms with Crippen LogP contribution in [0.25, 0.3) is 0 Å². The number of ether oxygens (including phenoxy) is 1. The van der Waals surface area contributed by atoms with Crippen molar-refractivity contribution in [3.05, 3.63) is 28.3 Å². The second-order valence-corrected chi connectivity index (χ2v) is 5.49. The van der Waals surface area contributed by atoms with Gasteiger partial charge < -0.3 is 20.1 Å². The highest BCUT2D eigenvalue weighted by atomic mass is 16.6. The van der Waals surface area contributed by atoms with Gasteiger partial charge in [0.05, 0.1) is 23.2 Å². The van der Waals surface area contributed by atoms with E-state index in [1.54, 1.807) is 6.92 Å². The monoisotopic (exact) mass is 351 g/mol. The fourth-order valence-corrected chi connectivity index (χ4v) is 2.46. The maximum atomic E-state index is 12.1. The first-order valence-electron chi connectivity index (χ1n) is 7.58. The summed E-state index contributed by atoms with van der Waals surface area (Å²) in [7, 11) is 0. The van der Waals surface area contributed by atoms with Gasteiger partial charge in [-0.1, -0.05) is 13.3 Å². The van der Waals surface area contributed by atoms with Gasteiger partial charge in [-0.05, 0) is 12.5 Å². The Morgan fingerprint density at radius 1 is 1.48 bits per heavy atom. The number of hydrogen-bond acceptors (Lipinski definition) is 7. The zero-order valence-electron chi connectivity index (χ0n) is 13.4. The highest BCUT2D eigenvalue weighted by Crippen LogP contribution is 2.34. The number of carbonyl (C=O) groups is 3. The molecule has 1 unspecified atom stereocenters. The third-order valence-electron chi connectivity index (χ3n) is 3.58. The number of esters is 1. The van der Waals surface area contributed by atoms with E-state index < -0.39 is 28.8 Å². The van der Waals surface area contributed by atoms with E-state index in [0.29, 0.717) is 12.1 Å². The number of hydrogen-bond donors (Lipinski definition) is 2. The van der Waals surface area contributed by atoms with Crippen molar-refractivity contribution in [2.75, 3.05) is 18.0 Å². The van der Waals surface area contributed by atoms with Crippen LogP contribution in [-0.2, 0) is 14.4 Å². The highest BCUT2D eigenvalue weighted by molar-refractivity contribution is 5.91. The molecule has 0 saturated heterocycles. The van der Waals surface area contributed by atoms with Crippen LogP contribution in [0.5, 0.6) is 5.75 Å². The maximum Gasteiger partial charge on any atom is 0.331 e. The van der Waals surface area contributed by atoms with Crippen molar-refractivity contribution in [2.45, 2.75) is 25.8 Å². The van der Waals surface area contributed by atoms with E-state index in [-0.39, 0.29) is 30.9 Å². The van der Waals surface area contributed by atoms with Crippen LogP contribution in [0.2, 0.25) is 0 Å². The van der Waals surface area contributed by atoms with Crippen LogP contribution in [0, 0.1) is 10.1 Å². The molecular weight excluding hydrogens is 334 g/mol. The van der Waals surface area contributed by atoms with Gasteiger partial charge in [-0.25, -0.2) is 9.59 Å². The van der Waals surface area contributed by atoms with Crippen molar-refractivity contribution >= 4 is 29.2 Å². The van der Waals surface area contributed by atoms with Crippen molar-refractivity contribution in [3.8, 4) is 5.75 Å². The highest BCUT2D eigenvalue weighted by Gasteiger charge is 2.28. The molecule has 134 valence electrons. The molecule has 10 heteroatoms. The summed E-state index contributed by atoms with van der Waals surface area (Å²) in [4.78, 5) is 46.5. The van der Waals surface area contributed by atoms with Crippen molar-refractivity contribution in [3.63, 3.8) is 0 Å². The number of fused-ring (bicyclic) bond motifs is 1. The summed E-state index contributed by atoms with van der Waals surface area (Å²) in [5, 5.41) is 22.3. The third kappa shape index (κ3) is 4.43. The second-order valence-electron chi connectivity index (χ2n) is 5.49. The average molecular weight is 351 g/mol. The molecule has 1 aromatic rings. The normalized spacial score (nSPS) is 14.3. The molecule has 2 rings (SSSR count). The summed E-state index contributed by atoms with van der Waals surface area (Å²) in [6.07, 6.45) is 0.867. The lowest BCUT2D eigenvalue weighted by molar-refractivity contribution is -0.384. The Balaban J connectivity index is 2.15. The first-order chi connectivity index (χ1) is 11.8. The summed E-state index contributed by atoms with van der Waals surface area (Å²) in [5.41, 5.74) is 0.106. The van der Waals surface area contributed by atoms with Crippen LogP contribution in [0.15, 0.2) is 18.2 Å². The van der Waals surface area contributed by atoms with Gasteiger partial charge in [-0.15, -0.1) is 0 Å². The molecule has 1 aliphatic rings. The minimum Gasteiger partial charge on any atom is -0.480 e. The predicted molar refractivity (Wildman–Crippen MR) is 85.4 cm³/mol. The standard InChI is InChI=1S/C15H17N3O7/c1-2-3-10(15(21)22)16-13(19)7-17-8-14(20)25-12-6-9(18(23)24)4-5-11(12)17/h4-6,10H,2-3,7-8H2,1H3,(H,16,19)(H,21,22). The number of nitrogens with zero attached hydrogens (tertiary/aromatic N) is 2. The molecule has 0 saturated carbocycles. The largest absolute Gasteiger partial charge is 0.480 e. The Hall–Kier alpha value is -3.17. The Labute approximate surface area is 142 Å². The van der Waals surface area contributed by atoms with Crippen LogP contribution < -0.4 is 15.0 Å². The van der Waals surface area contributed by atoms with Gasteiger partial charge in [-0.2, -0.15) is 0 Å². The lowest BCUT2D eigenvalue weighted by Crippen LogP contribution is -2.48. The first kappa shape index (κ1) is 18.2. The first-order valence-corrected chi connectivity index (χ1v) is 7.58. The Morgan fingerprint density at radius 3 is 2.80 bits per heavy atom. The maximum absolute atomic E-state index is 12.1. The number of rotatable bonds is 7.